The molecule has 0 atom stereocenters. The largest absolute Gasteiger partial charge is 0.484 e. The van der Waals surface area contributed by atoms with E-state index < -0.39 is 12.5 Å². The molecule has 0 aliphatic carbocycles. The molecule has 3 aromatic rings. The third kappa shape index (κ3) is 5.76. The van der Waals surface area contributed by atoms with Crippen LogP contribution in [0, 0.1) is 0 Å². The lowest BCUT2D eigenvalue weighted by Gasteiger charge is -2.14. The number of aromatic nitrogens is 1. The van der Waals surface area contributed by atoms with Gasteiger partial charge >= 0.3 is 6.61 Å². The van der Waals surface area contributed by atoms with Crippen molar-refractivity contribution in [1.29, 1.82) is 0 Å². The molecule has 0 aliphatic heterocycles. The second-order valence-corrected chi connectivity index (χ2v) is 8.38. The fraction of sp³-hybridized carbons (Fsp3) is 0.273. The van der Waals surface area contributed by atoms with Crippen LogP contribution in [0.15, 0.2) is 53.9 Å². The van der Waals surface area contributed by atoms with Gasteiger partial charge in [0.1, 0.15) is 16.5 Å². The zero-order valence-electron chi connectivity index (χ0n) is 16.8. The van der Waals surface area contributed by atoms with Gasteiger partial charge in [0.25, 0.3) is 5.91 Å². The predicted octanol–water partition coefficient (Wildman–Crippen LogP) is 5.73. The number of nitrogens with zero attached hydrogens (tertiary/aromatic N) is 1. The second kappa shape index (κ2) is 9.21. The van der Waals surface area contributed by atoms with Gasteiger partial charge in [-0.1, -0.05) is 32.9 Å². The number of amides is 1. The molecule has 0 saturated heterocycles. The van der Waals surface area contributed by atoms with Crippen LogP contribution in [0.2, 0.25) is 0 Å². The molecule has 1 amide bonds. The average molecular weight is 432 g/mol. The fourth-order valence-corrected chi connectivity index (χ4v) is 3.60. The lowest BCUT2D eigenvalue weighted by molar-refractivity contribution is -0.118. The summed E-state index contributed by atoms with van der Waals surface area (Å²) in [4.78, 5) is 16.8. The lowest BCUT2D eigenvalue weighted by Crippen LogP contribution is -2.20. The van der Waals surface area contributed by atoms with Crippen LogP contribution < -0.4 is 14.8 Å². The number of rotatable bonds is 7. The quantitative estimate of drug-likeness (QED) is 0.518. The van der Waals surface area contributed by atoms with Gasteiger partial charge in [0.15, 0.2) is 6.61 Å². The lowest BCUT2D eigenvalue weighted by atomic mass is 9.93. The molecule has 158 valence electrons. The Morgan fingerprint density at radius 1 is 1.13 bits per heavy atom. The van der Waals surface area contributed by atoms with Gasteiger partial charge < -0.3 is 14.8 Å². The van der Waals surface area contributed by atoms with Crippen LogP contribution >= 0.6 is 11.3 Å². The highest BCUT2D eigenvalue weighted by Gasteiger charge is 2.18. The minimum absolute atomic E-state index is 0.00979. The number of carbonyl (C=O) groups is 1. The Hall–Kier alpha value is -3.00. The van der Waals surface area contributed by atoms with Gasteiger partial charge in [-0.15, -0.1) is 11.3 Å². The molecule has 30 heavy (non-hydrogen) atoms. The van der Waals surface area contributed by atoms with E-state index in [1.807, 2.05) is 12.1 Å². The van der Waals surface area contributed by atoms with E-state index in [4.69, 9.17) is 4.74 Å². The van der Waals surface area contributed by atoms with Gasteiger partial charge in [0.2, 0.25) is 0 Å². The van der Waals surface area contributed by atoms with E-state index in [2.05, 4.69) is 41.2 Å². The Balaban J connectivity index is 1.58. The van der Waals surface area contributed by atoms with Crippen LogP contribution in [0.1, 0.15) is 26.5 Å². The van der Waals surface area contributed by atoms with Crippen LogP contribution in [0.3, 0.4) is 0 Å². The van der Waals surface area contributed by atoms with Crippen LogP contribution in [0.5, 0.6) is 11.5 Å². The van der Waals surface area contributed by atoms with Gasteiger partial charge in [-0.25, -0.2) is 4.98 Å². The summed E-state index contributed by atoms with van der Waals surface area (Å²) >= 11 is 1.58. The minimum Gasteiger partial charge on any atom is -0.484 e. The highest BCUT2D eigenvalue weighted by atomic mass is 32.1. The van der Waals surface area contributed by atoms with E-state index >= 15 is 0 Å². The van der Waals surface area contributed by atoms with Crippen molar-refractivity contribution >= 4 is 22.9 Å². The number of para-hydroxylation sites is 2. The number of carbonyl (C=O) groups excluding carboxylic acids is 1. The van der Waals surface area contributed by atoms with Gasteiger partial charge in [-0.3, -0.25) is 4.79 Å². The van der Waals surface area contributed by atoms with Crippen molar-refractivity contribution in [2.45, 2.75) is 32.8 Å². The first-order valence-corrected chi connectivity index (χ1v) is 10.1. The van der Waals surface area contributed by atoms with Crippen molar-refractivity contribution in [3.8, 4) is 22.1 Å². The predicted molar refractivity (Wildman–Crippen MR) is 113 cm³/mol. The first-order chi connectivity index (χ1) is 14.2. The van der Waals surface area contributed by atoms with E-state index in [1.54, 1.807) is 35.6 Å². The summed E-state index contributed by atoms with van der Waals surface area (Å²) in [6.45, 7) is 3.10. The zero-order chi connectivity index (χ0) is 21.7. The molecule has 8 heteroatoms. The molecule has 1 heterocycles. The summed E-state index contributed by atoms with van der Waals surface area (Å²) in [5, 5.41) is 5.48. The van der Waals surface area contributed by atoms with Crippen molar-refractivity contribution in [1.82, 2.24) is 4.98 Å². The van der Waals surface area contributed by atoms with Crippen molar-refractivity contribution in [2.75, 3.05) is 11.9 Å². The van der Waals surface area contributed by atoms with Crippen molar-refractivity contribution in [2.24, 2.45) is 0 Å². The van der Waals surface area contributed by atoms with Gasteiger partial charge in [-0.2, -0.15) is 8.78 Å². The Labute approximate surface area is 177 Å². The van der Waals surface area contributed by atoms with Crippen molar-refractivity contribution in [3.05, 3.63) is 59.6 Å². The maximum atomic E-state index is 12.5. The zero-order valence-corrected chi connectivity index (χ0v) is 17.6. The SMILES string of the molecule is CC(C)(C)c1csc(-c2ccc(OCC(=O)Nc3ccccc3OC(F)F)cc2)n1. The standard InChI is InChI=1S/C22H22F2N2O3S/c1-22(2,3)18-13-30-20(26-18)14-8-10-15(11-9-14)28-12-19(27)25-16-6-4-5-7-17(16)29-21(23)24/h4-11,13,21H,12H2,1-3H3,(H,25,27). The first kappa shape index (κ1) is 21.7. The Morgan fingerprint density at radius 2 is 1.83 bits per heavy atom. The van der Waals surface area contributed by atoms with E-state index in [0.717, 1.165) is 16.3 Å². The second-order valence-electron chi connectivity index (χ2n) is 7.52. The van der Waals surface area contributed by atoms with Crippen LogP contribution in [0.4, 0.5) is 14.5 Å². The number of thiazole rings is 1. The maximum Gasteiger partial charge on any atom is 0.387 e. The summed E-state index contributed by atoms with van der Waals surface area (Å²) < 4.78 is 34.8. The number of benzene rings is 2. The van der Waals surface area contributed by atoms with Crippen molar-refractivity contribution in [3.63, 3.8) is 0 Å². The van der Waals surface area contributed by atoms with E-state index in [1.165, 1.54) is 12.1 Å². The van der Waals surface area contributed by atoms with Crippen LogP contribution in [-0.4, -0.2) is 24.1 Å². The molecule has 0 spiro atoms. The number of hydrogen-bond donors (Lipinski definition) is 1. The van der Waals surface area contributed by atoms with E-state index in [-0.39, 0.29) is 23.5 Å². The molecule has 1 aromatic heterocycles. The Kier molecular flexibility index (Phi) is 6.66. The number of alkyl halides is 2. The molecule has 2 aromatic carbocycles. The first-order valence-electron chi connectivity index (χ1n) is 9.25. The van der Waals surface area contributed by atoms with Crippen molar-refractivity contribution < 1.29 is 23.0 Å². The number of halogens is 2. The number of anilines is 1. The van der Waals surface area contributed by atoms with Gasteiger partial charge in [0.05, 0.1) is 11.4 Å². The molecule has 5 nitrogen and oxygen atoms in total. The molecule has 0 fully saturated rings. The third-order valence-corrected chi connectivity index (χ3v) is 5.01. The molecular formula is C22H22F2N2O3S. The monoisotopic (exact) mass is 432 g/mol. The number of hydrogen-bond acceptors (Lipinski definition) is 5. The molecule has 0 bridgehead atoms. The fourth-order valence-electron chi connectivity index (χ4n) is 2.55. The molecular weight excluding hydrogens is 410 g/mol. The number of nitrogens with one attached hydrogen (secondary N) is 1. The molecule has 0 aliphatic rings. The smallest absolute Gasteiger partial charge is 0.387 e. The van der Waals surface area contributed by atoms with Crippen LogP contribution in [-0.2, 0) is 10.2 Å². The third-order valence-electron chi connectivity index (χ3n) is 4.12. The molecule has 3 rings (SSSR count). The topological polar surface area (TPSA) is 60.5 Å². The highest BCUT2D eigenvalue weighted by molar-refractivity contribution is 7.13. The molecule has 1 N–H and O–H groups in total. The average Bonchev–Trinajstić information content (AvgIpc) is 3.19. The molecule has 0 radical (unpaired) electrons. The summed E-state index contributed by atoms with van der Waals surface area (Å²) in [5.41, 5.74) is 2.14. The van der Waals surface area contributed by atoms with Gasteiger partial charge in [0, 0.05) is 16.4 Å². The normalized spacial score (nSPS) is 11.4. The Bertz CT molecular complexity index is 998. The van der Waals surface area contributed by atoms with E-state index in [9.17, 15) is 13.6 Å². The maximum absolute atomic E-state index is 12.5. The summed E-state index contributed by atoms with van der Waals surface area (Å²) in [7, 11) is 0. The Morgan fingerprint density at radius 3 is 2.47 bits per heavy atom. The molecule has 0 unspecified atom stereocenters. The van der Waals surface area contributed by atoms with Crippen LogP contribution in [0.25, 0.3) is 10.6 Å². The summed E-state index contributed by atoms with van der Waals surface area (Å²) in [5.74, 6) is -0.0824. The van der Waals surface area contributed by atoms with E-state index in [0.29, 0.717) is 5.75 Å². The number of ether oxygens (including phenoxy) is 2. The highest BCUT2D eigenvalue weighted by Crippen LogP contribution is 2.30. The summed E-state index contributed by atoms with van der Waals surface area (Å²) in [6.07, 6.45) is 0. The van der Waals surface area contributed by atoms with Gasteiger partial charge in [-0.05, 0) is 36.4 Å². The molecule has 0 saturated carbocycles. The minimum atomic E-state index is -2.98. The summed E-state index contributed by atoms with van der Waals surface area (Å²) in [6, 6.07) is 13.3.